The molecule has 4 nitrogen and oxygen atoms in total. The van der Waals surface area contributed by atoms with Crippen LogP contribution in [0.15, 0.2) is 23.1 Å². The van der Waals surface area contributed by atoms with Crippen molar-refractivity contribution >= 4 is 34.0 Å². The van der Waals surface area contributed by atoms with Crippen LogP contribution in [0.2, 0.25) is 5.02 Å². The van der Waals surface area contributed by atoms with Crippen LogP contribution in [0.5, 0.6) is 0 Å². The summed E-state index contributed by atoms with van der Waals surface area (Å²) < 4.78 is 66.0. The molecule has 0 aromatic heterocycles. The second-order valence-corrected chi connectivity index (χ2v) is 7.49. The van der Waals surface area contributed by atoms with Gasteiger partial charge in [-0.2, -0.15) is 13.2 Å². The average Bonchev–Trinajstić information content (AvgIpc) is 2.40. The average molecular weight is 393 g/mol. The zero-order chi connectivity index (χ0) is 16.5. The van der Waals surface area contributed by atoms with Crippen molar-refractivity contribution in [2.45, 2.75) is 48.8 Å². The molecule has 0 radical (unpaired) electrons. The third kappa shape index (κ3) is 5.22. The Hall–Kier alpha value is -0.540. The van der Waals surface area contributed by atoms with Gasteiger partial charge in [-0.05, 0) is 43.9 Å². The second-order valence-electron chi connectivity index (χ2n) is 5.37. The zero-order valence-corrected chi connectivity index (χ0v) is 14.3. The van der Waals surface area contributed by atoms with Crippen molar-refractivity contribution in [3.8, 4) is 0 Å². The monoisotopic (exact) mass is 392 g/mol. The minimum atomic E-state index is -4.80. The molecule has 2 rings (SSSR count). The standard InChI is InChI=1S/C13H16ClF3N2O2S.ClH/c14-8-1-6-12(11(7-8)13(15,16)17)22(20,21)19-10-4-2-9(18)3-5-10;/h1,6-7,9-10,19H,2-5,18H2;1H. The second kappa shape index (κ2) is 7.57. The van der Waals surface area contributed by atoms with E-state index in [0.29, 0.717) is 31.7 Å². The highest BCUT2D eigenvalue weighted by Gasteiger charge is 2.38. The van der Waals surface area contributed by atoms with Gasteiger partial charge in [0, 0.05) is 17.1 Å². The van der Waals surface area contributed by atoms with E-state index in [9.17, 15) is 21.6 Å². The first-order chi connectivity index (χ1) is 10.1. The predicted octanol–water partition coefficient (Wildman–Crippen LogP) is 3.33. The van der Waals surface area contributed by atoms with Gasteiger partial charge < -0.3 is 5.73 Å². The summed E-state index contributed by atoms with van der Waals surface area (Å²) in [4.78, 5) is -0.806. The van der Waals surface area contributed by atoms with Gasteiger partial charge in [0.15, 0.2) is 0 Å². The lowest BCUT2D eigenvalue weighted by atomic mass is 9.93. The summed E-state index contributed by atoms with van der Waals surface area (Å²) in [5.74, 6) is 0. The Labute approximate surface area is 144 Å². The number of halogens is 5. The molecule has 1 fully saturated rings. The minimum absolute atomic E-state index is 0. The van der Waals surface area contributed by atoms with E-state index in [1.165, 1.54) is 0 Å². The topological polar surface area (TPSA) is 72.2 Å². The predicted molar refractivity (Wildman–Crippen MR) is 84.3 cm³/mol. The fourth-order valence-electron chi connectivity index (χ4n) is 2.48. The molecular weight excluding hydrogens is 376 g/mol. The highest BCUT2D eigenvalue weighted by atomic mass is 35.5. The van der Waals surface area contributed by atoms with Crippen LogP contribution < -0.4 is 10.5 Å². The van der Waals surface area contributed by atoms with Crippen LogP contribution in [0, 0.1) is 0 Å². The summed E-state index contributed by atoms with van der Waals surface area (Å²) in [5.41, 5.74) is 4.47. The Morgan fingerprint density at radius 2 is 1.74 bits per heavy atom. The van der Waals surface area contributed by atoms with Gasteiger partial charge in [-0.15, -0.1) is 12.4 Å². The van der Waals surface area contributed by atoms with E-state index < -0.39 is 32.7 Å². The molecule has 1 saturated carbocycles. The highest BCUT2D eigenvalue weighted by Crippen LogP contribution is 2.36. The van der Waals surface area contributed by atoms with Crippen LogP contribution in [0.1, 0.15) is 31.2 Å². The molecule has 0 heterocycles. The molecule has 0 atom stereocenters. The van der Waals surface area contributed by atoms with E-state index in [-0.39, 0.29) is 23.5 Å². The highest BCUT2D eigenvalue weighted by molar-refractivity contribution is 7.89. The molecule has 0 spiro atoms. The lowest BCUT2D eigenvalue weighted by Crippen LogP contribution is -2.40. The van der Waals surface area contributed by atoms with Crippen molar-refractivity contribution in [1.29, 1.82) is 0 Å². The smallest absolute Gasteiger partial charge is 0.328 e. The Bertz CT molecular complexity index is 645. The first-order valence-corrected chi connectivity index (χ1v) is 8.60. The number of benzene rings is 1. The molecule has 0 bridgehead atoms. The number of hydrogen-bond acceptors (Lipinski definition) is 3. The normalized spacial score (nSPS) is 22.5. The molecule has 0 aliphatic heterocycles. The first kappa shape index (κ1) is 20.5. The lowest BCUT2D eigenvalue weighted by molar-refractivity contribution is -0.139. The summed E-state index contributed by atoms with van der Waals surface area (Å²) in [6, 6.07) is 2.24. The minimum Gasteiger partial charge on any atom is -0.328 e. The van der Waals surface area contributed by atoms with Crippen LogP contribution in [-0.2, 0) is 16.2 Å². The number of sulfonamides is 1. The van der Waals surface area contributed by atoms with E-state index in [1.807, 2.05) is 0 Å². The van der Waals surface area contributed by atoms with Gasteiger partial charge in [-0.25, -0.2) is 13.1 Å². The van der Waals surface area contributed by atoms with Crippen molar-refractivity contribution in [3.63, 3.8) is 0 Å². The third-order valence-electron chi connectivity index (χ3n) is 3.63. The molecule has 1 aliphatic carbocycles. The third-order valence-corrected chi connectivity index (χ3v) is 5.44. The van der Waals surface area contributed by atoms with E-state index >= 15 is 0 Å². The maximum absolute atomic E-state index is 13.0. The van der Waals surface area contributed by atoms with Gasteiger partial charge in [0.25, 0.3) is 0 Å². The summed E-state index contributed by atoms with van der Waals surface area (Å²) in [7, 11) is -4.28. The molecule has 23 heavy (non-hydrogen) atoms. The summed E-state index contributed by atoms with van der Waals surface area (Å²) in [5, 5.41) is -0.171. The van der Waals surface area contributed by atoms with Gasteiger partial charge in [-0.3, -0.25) is 0 Å². The van der Waals surface area contributed by atoms with Crippen LogP contribution >= 0.6 is 24.0 Å². The van der Waals surface area contributed by atoms with Crippen molar-refractivity contribution < 1.29 is 21.6 Å². The number of hydrogen-bond donors (Lipinski definition) is 2. The summed E-state index contributed by atoms with van der Waals surface area (Å²) in [6.45, 7) is 0. The largest absolute Gasteiger partial charge is 0.417 e. The maximum Gasteiger partial charge on any atom is 0.417 e. The maximum atomic E-state index is 13.0. The SMILES string of the molecule is Cl.NC1CCC(NS(=O)(=O)c2ccc(Cl)cc2C(F)(F)F)CC1. The molecule has 0 unspecified atom stereocenters. The van der Waals surface area contributed by atoms with E-state index in [2.05, 4.69) is 4.72 Å². The van der Waals surface area contributed by atoms with Crippen molar-refractivity contribution in [3.05, 3.63) is 28.8 Å². The Morgan fingerprint density at radius 3 is 2.26 bits per heavy atom. The van der Waals surface area contributed by atoms with Crippen molar-refractivity contribution in [2.24, 2.45) is 5.73 Å². The van der Waals surface area contributed by atoms with Crippen LogP contribution in [-0.4, -0.2) is 20.5 Å². The van der Waals surface area contributed by atoms with Gasteiger partial charge in [0.2, 0.25) is 10.0 Å². The van der Waals surface area contributed by atoms with Gasteiger partial charge in [0.1, 0.15) is 0 Å². The van der Waals surface area contributed by atoms with Crippen molar-refractivity contribution in [1.82, 2.24) is 4.72 Å². The Kier molecular flexibility index (Phi) is 6.74. The Balaban J connectivity index is 0.00000264. The molecule has 1 aromatic rings. The Morgan fingerprint density at radius 1 is 1.17 bits per heavy atom. The number of nitrogens with one attached hydrogen (secondary N) is 1. The van der Waals surface area contributed by atoms with Gasteiger partial charge in [0.05, 0.1) is 10.5 Å². The van der Waals surface area contributed by atoms with E-state index in [4.69, 9.17) is 17.3 Å². The number of alkyl halides is 3. The van der Waals surface area contributed by atoms with Crippen LogP contribution in [0.3, 0.4) is 0 Å². The molecule has 3 N–H and O–H groups in total. The molecule has 0 saturated heterocycles. The molecule has 10 heteroatoms. The van der Waals surface area contributed by atoms with Crippen LogP contribution in [0.4, 0.5) is 13.2 Å². The number of nitrogens with two attached hydrogens (primary N) is 1. The quantitative estimate of drug-likeness (QED) is 0.828. The molecule has 132 valence electrons. The molecular formula is C13H17Cl2F3N2O2S. The zero-order valence-electron chi connectivity index (χ0n) is 11.9. The lowest BCUT2D eigenvalue weighted by Gasteiger charge is -2.27. The van der Waals surface area contributed by atoms with Gasteiger partial charge >= 0.3 is 6.18 Å². The fourth-order valence-corrected chi connectivity index (χ4v) is 4.16. The van der Waals surface area contributed by atoms with Crippen LogP contribution in [0.25, 0.3) is 0 Å². The molecule has 0 amide bonds. The summed E-state index contributed by atoms with van der Waals surface area (Å²) >= 11 is 5.55. The summed E-state index contributed by atoms with van der Waals surface area (Å²) in [6.07, 6.45) is -2.51. The van der Waals surface area contributed by atoms with E-state index in [0.717, 1.165) is 12.1 Å². The first-order valence-electron chi connectivity index (χ1n) is 6.74. The van der Waals surface area contributed by atoms with E-state index in [1.54, 1.807) is 0 Å². The fraction of sp³-hybridized carbons (Fsp3) is 0.538. The number of rotatable bonds is 3. The van der Waals surface area contributed by atoms with Gasteiger partial charge in [-0.1, -0.05) is 11.6 Å². The van der Waals surface area contributed by atoms with Crippen molar-refractivity contribution in [2.75, 3.05) is 0 Å². The molecule has 1 aromatic carbocycles. The molecule has 1 aliphatic rings.